The summed E-state index contributed by atoms with van der Waals surface area (Å²) < 4.78 is 21.3. The van der Waals surface area contributed by atoms with Crippen molar-refractivity contribution in [2.75, 3.05) is 0 Å². The van der Waals surface area contributed by atoms with Crippen molar-refractivity contribution in [3.8, 4) is 62.8 Å². The molecule has 0 saturated heterocycles. The van der Waals surface area contributed by atoms with Gasteiger partial charge in [-0.05, 0) is 61.5 Å². The van der Waals surface area contributed by atoms with Crippen LogP contribution < -0.4 is 19.0 Å². The van der Waals surface area contributed by atoms with Crippen LogP contribution in [-0.4, -0.2) is 64.0 Å². The Morgan fingerprint density at radius 3 is 1.39 bits per heavy atom. The number of hydrogen-bond acceptors (Lipinski definition) is 10. The lowest BCUT2D eigenvalue weighted by atomic mass is 10.1. The predicted octanol–water partition coefficient (Wildman–Crippen LogP) is 9.54. The normalized spacial score (nSPS) is 12.2. The fraction of sp³-hybridized carbons (Fsp3) is 0.273. The molecule has 0 radical (unpaired) electrons. The second-order valence-corrected chi connectivity index (χ2v) is 15.0. The predicted molar refractivity (Wildman–Crippen MR) is 219 cm³/mol. The molecule has 0 amide bonds. The van der Waals surface area contributed by atoms with Crippen molar-refractivity contribution in [3.05, 3.63) is 78.9 Å². The van der Waals surface area contributed by atoms with Gasteiger partial charge in [-0.2, -0.15) is 0 Å². The van der Waals surface area contributed by atoms with E-state index in [1.807, 2.05) is 134 Å². The van der Waals surface area contributed by atoms with Gasteiger partial charge in [-0.1, -0.05) is 72.8 Å². The van der Waals surface area contributed by atoms with Crippen molar-refractivity contribution < 1.29 is 19.0 Å². The molecule has 0 fully saturated rings. The molecule has 2 aliphatic rings. The molecule has 0 aliphatic carbocycles. The number of benzene rings is 4. The molecular weight excluding hydrogens is 705 g/mol. The summed E-state index contributed by atoms with van der Waals surface area (Å²) in [6.07, 6.45) is -0.714. The van der Waals surface area contributed by atoms with E-state index < -0.39 is 0 Å². The van der Waals surface area contributed by atoms with Gasteiger partial charge in [-0.25, -0.2) is 29.9 Å². The molecule has 5 heterocycles. The van der Waals surface area contributed by atoms with Crippen molar-refractivity contribution in [2.24, 2.45) is 0 Å². The first-order valence-electron chi connectivity index (χ1n) is 19.0. The number of nitrogens with zero attached hydrogens (tertiary/aromatic N) is 7. The van der Waals surface area contributed by atoms with Crippen LogP contribution in [0.3, 0.4) is 0 Å². The van der Waals surface area contributed by atoms with Gasteiger partial charge >= 0.3 is 0 Å². The average Bonchev–Trinajstić information content (AvgIpc) is 3.87. The van der Waals surface area contributed by atoms with Crippen molar-refractivity contribution in [1.29, 1.82) is 0 Å². The van der Waals surface area contributed by atoms with Crippen molar-refractivity contribution in [2.45, 2.75) is 79.8 Å². The van der Waals surface area contributed by atoms with Crippen LogP contribution in [-0.2, 0) is 0 Å². The summed E-state index contributed by atoms with van der Waals surface area (Å²) in [5, 5.41) is 3.11. The highest BCUT2D eigenvalue weighted by atomic mass is 16.7. The third-order valence-corrected chi connectivity index (χ3v) is 9.21. The van der Waals surface area contributed by atoms with E-state index in [2.05, 4.69) is 4.98 Å². The van der Waals surface area contributed by atoms with E-state index in [0.717, 1.165) is 38.4 Å². The minimum absolute atomic E-state index is 0.145. The van der Waals surface area contributed by atoms with Gasteiger partial charge in [0.2, 0.25) is 5.75 Å². The number of ether oxygens (including phenoxy) is 3. The largest absolute Gasteiger partial charge is 0.487 e. The van der Waals surface area contributed by atoms with Crippen LogP contribution in [0.15, 0.2) is 78.9 Å². The maximum absolute atomic E-state index is 6.64. The SMILES string of the molecule is CC(C)Oc1cc2c3nc4nc(nc5c6ccccc6c(nc6nc(nc([nH]3)c2c(OC(C)C)c1OC(C)C)-c1ccccc1-6)n5OC(C)C)-c1ccccc1-4. The molecule has 12 heteroatoms. The Balaban J connectivity index is 1.52. The van der Waals surface area contributed by atoms with Crippen LogP contribution in [0.2, 0.25) is 0 Å². The third kappa shape index (κ3) is 6.01. The molecule has 8 bridgehead atoms. The summed E-state index contributed by atoms with van der Waals surface area (Å²) in [6.45, 7) is 15.8. The van der Waals surface area contributed by atoms with Crippen LogP contribution in [0.4, 0.5) is 0 Å². The summed E-state index contributed by atoms with van der Waals surface area (Å²) in [5.41, 5.74) is 5.45. The van der Waals surface area contributed by atoms with E-state index in [1.54, 1.807) is 4.73 Å². The van der Waals surface area contributed by atoms with E-state index in [-0.39, 0.29) is 24.4 Å². The zero-order valence-electron chi connectivity index (χ0n) is 32.6. The first kappa shape index (κ1) is 35.2. The lowest BCUT2D eigenvalue weighted by Crippen LogP contribution is -2.19. The molecule has 3 aromatic heterocycles. The van der Waals surface area contributed by atoms with Crippen molar-refractivity contribution in [1.82, 2.24) is 39.6 Å². The highest BCUT2D eigenvalue weighted by molar-refractivity contribution is 6.11. The summed E-state index contributed by atoms with van der Waals surface area (Å²) in [7, 11) is 0. The Morgan fingerprint density at radius 1 is 0.464 bits per heavy atom. The summed E-state index contributed by atoms with van der Waals surface area (Å²) in [5.74, 6) is 3.46. The highest BCUT2D eigenvalue weighted by Crippen LogP contribution is 2.48. The van der Waals surface area contributed by atoms with E-state index in [9.17, 15) is 0 Å². The molecule has 1 N–H and O–H groups in total. The van der Waals surface area contributed by atoms with E-state index in [0.29, 0.717) is 68.5 Å². The van der Waals surface area contributed by atoms with Crippen LogP contribution in [0.1, 0.15) is 55.4 Å². The lowest BCUT2D eigenvalue weighted by molar-refractivity contribution is 0.0746. The standard InChI is InChI=1S/C44H42N8O4/c1-22(2)53-33-21-32-34(36(55-24(5)6)35(33)54-23(3)4)42-48-38-27-16-10-12-18-29(27)40(46-38)51-44-31-20-14-13-19-30(31)43(52(44)56-25(7)8)50-39-28-17-11-9-15-26(28)37(45-39)47-41(32)49-42/h9-25H,1-8H3,(H,45,46,47,48,49,50,51). The monoisotopic (exact) mass is 746 g/mol. The zero-order chi connectivity index (χ0) is 38.8. The molecule has 2 aliphatic heterocycles. The van der Waals surface area contributed by atoms with E-state index in [1.165, 1.54) is 0 Å². The molecule has 0 spiro atoms. The Labute approximate surface area is 323 Å². The quantitative estimate of drug-likeness (QED) is 0.160. The van der Waals surface area contributed by atoms with Crippen LogP contribution in [0.25, 0.3) is 89.7 Å². The first-order valence-corrected chi connectivity index (χ1v) is 19.0. The summed E-state index contributed by atoms with van der Waals surface area (Å²) in [6, 6.07) is 25.9. The first-order chi connectivity index (χ1) is 27.0. The smallest absolute Gasteiger partial charge is 0.204 e. The minimum Gasteiger partial charge on any atom is -0.487 e. The maximum Gasteiger partial charge on any atom is 0.204 e. The number of hydrogen-bond donors (Lipinski definition) is 1. The second-order valence-electron chi connectivity index (χ2n) is 15.0. The van der Waals surface area contributed by atoms with Gasteiger partial charge in [-0.15, -0.1) is 4.73 Å². The zero-order valence-corrected chi connectivity index (χ0v) is 32.6. The number of aromatic amines is 1. The molecule has 0 saturated carbocycles. The molecule has 0 atom stereocenters. The van der Waals surface area contributed by atoms with Crippen LogP contribution in [0.5, 0.6) is 17.2 Å². The molecule has 7 aromatic rings. The molecule has 4 aromatic carbocycles. The Bertz CT molecular complexity index is 2860. The van der Waals surface area contributed by atoms with E-state index >= 15 is 0 Å². The van der Waals surface area contributed by atoms with Crippen LogP contribution >= 0.6 is 0 Å². The second kappa shape index (κ2) is 13.6. The molecule has 282 valence electrons. The third-order valence-electron chi connectivity index (χ3n) is 9.21. The molecule has 12 nitrogen and oxygen atoms in total. The van der Waals surface area contributed by atoms with Gasteiger partial charge < -0.3 is 24.0 Å². The molecule has 56 heavy (non-hydrogen) atoms. The number of fused-ring (bicyclic) bond motifs is 20. The van der Waals surface area contributed by atoms with Gasteiger partial charge in [0.1, 0.15) is 17.4 Å². The van der Waals surface area contributed by atoms with Gasteiger partial charge in [0.15, 0.2) is 46.1 Å². The van der Waals surface area contributed by atoms with Gasteiger partial charge in [0.25, 0.3) is 0 Å². The maximum atomic E-state index is 6.64. The fourth-order valence-electron chi connectivity index (χ4n) is 7.14. The number of nitrogens with one attached hydrogen (secondary N) is 1. The number of rotatable bonds is 8. The van der Waals surface area contributed by atoms with Crippen molar-refractivity contribution >= 4 is 44.1 Å². The highest BCUT2D eigenvalue weighted by Gasteiger charge is 2.28. The Hall–Kier alpha value is -6.56. The Kier molecular flexibility index (Phi) is 8.56. The minimum atomic E-state index is -0.205. The summed E-state index contributed by atoms with van der Waals surface area (Å²) in [4.78, 5) is 41.2. The van der Waals surface area contributed by atoms with Gasteiger partial charge in [-0.3, -0.25) is 0 Å². The summed E-state index contributed by atoms with van der Waals surface area (Å²) >= 11 is 0. The molecule has 0 unspecified atom stereocenters. The lowest BCUT2D eigenvalue weighted by Gasteiger charge is -2.22. The van der Waals surface area contributed by atoms with Gasteiger partial charge in [0.05, 0.1) is 23.7 Å². The van der Waals surface area contributed by atoms with E-state index in [4.69, 9.17) is 49.0 Å². The number of aromatic nitrogens is 8. The topological polar surface area (TPSA) is 135 Å². The van der Waals surface area contributed by atoms with Crippen LogP contribution in [0, 0.1) is 0 Å². The molecule has 9 rings (SSSR count). The van der Waals surface area contributed by atoms with Gasteiger partial charge in [0, 0.05) is 38.4 Å². The van der Waals surface area contributed by atoms with Crippen molar-refractivity contribution in [3.63, 3.8) is 0 Å². The molecular formula is C44H42N8O4. The fourth-order valence-corrected chi connectivity index (χ4v) is 7.14. The average molecular weight is 747 g/mol. The Morgan fingerprint density at radius 2 is 0.911 bits per heavy atom. The number of H-pyrrole nitrogens is 1.